The number of aryl methyl sites for hydroxylation is 1. The molecule has 0 amide bonds. The molecule has 2 aromatic rings. The van der Waals surface area contributed by atoms with Gasteiger partial charge in [-0.05, 0) is 43.5 Å². The maximum atomic E-state index is 6.26. The first-order valence-corrected chi connectivity index (χ1v) is 9.26. The molecule has 0 saturated carbocycles. The fraction of sp³-hybridized carbons (Fsp3) is 0.455. The van der Waals surface area contributed by atoms with Crippen LogP contribution in [0.15, 0.2) is 60.7 Å². The number of rotatable bonds is 11. The molecule has 0 aliphatic rings. The lowest BCUT2D eigenvalue weighted by Crippen LogP contribution is -2.27. The van der Waals surface area contributed by atoms with Crippen molar-refractivity contribution < 1.29 is 4.74 Å². The molecule has 0 aliphatic heterocycles. The van der Waals surface area contributed by atoms with Crippen LogP contribution >= 0.6 is 0 Å². The number of hydrogen-bond acceptors (Lipinski definition) is 2. The van der Waals surface area contributed by atoms with E-state index in [1.165, 1.54) is 11.1 Å². The average molecular weight is 325 g/mol. The zero-order valence-corrected chi connectivity index (χ0v) is 15.2. The van der Waals surface area contributed by atoms with Crippen molar-refractivity contribution >= 4 is 0 Å². The standard InChI is InChI=1S/C22H31NO/c1-3-23(4-2)18-19-24-22(21-15-9-6-10-16-21)17-11-14-20-12-7-5-8-13-20/h5-10,12-13,15-16,22H,3-4,11,14,17-19H2,1-2H3. The summed E-state index contributed by atoms with van der Waals surface area (Å²) in [5.74, 6) is 0. The first-order chi connectivity index (χ1) is 11.8. The molecular formula is C22H31NO. The van der Waals surface area contributed by atoms with Crippen molar-refractivity contribution in [2.45, 2.75) is 39.2 Å². The van der Waals surface area contributed by atoms with Gasteiger partial charge in [-0.2, -0.15) is 0 Å². The van der Waals surface area contributed by atoms with Crippen LogP contribution in [-0.4, -0.2) is 31.1 Å². The fourth-order valence-corrected chi connectivity index (χ4v) is 3.01. The van der Waals surface area contributed by atoms with Crippen LogP contribution in [0.1, 0.15) is 43.9 Å². The zero-order chi connectivity index (χ0) is 17.0. The van der Waals surface area contributed by atoms with Crippen LogP contribution in [0.3, 0.4) is 0 Å². The van der Waals surface area contributed by atoms with E-state index in [1.54, 1.807) is 0 Å². The summed E-state index contributed by atoms with van der Waals surface area (Å²) < 4.78 is 6.26. The molecule has 24 heavy (non-hydrogen) atoms. The van der Waals surface area contributed by atoms with Crippen LogP contribution in [-0.2, 0) is 11.2 Å². The Morgan fingerprint density at radius 3 is 2.12 bits per heavy atom. The van der Waals surface area contributed by atoms with E-state index in [9.17, 15) is 0 Å². The van der Waals surface area contributed by atoms with Crippen molar-refractivity contribution in [3.63, 3.8) is 0 Å². The maximum absolute atomic E-state index is 6.26. The van der Waals surface area contributed by atoms with E-state index in [4.69, 9.17) is 4.74 Å². The second-order valence-electron chi connectivity index (χ2n) is 6.17. The van der Waals surface area contributed by atoms with Crippen LogP contribution in [0.4, 0.5) is 0 Å². The molecule has 0 saturated heterocycles. The highest BCUT2D eigenvalue weighted by Gasteiger charge is 2.12. The number of hydrogen-bond donors (Lipinski definition) is 0. The predicted octanol–water partition coefficient (Wildman–Crippen LogP) is 5.11. The van der Waals surface area contributed by atoms with Crippen molar-refractivity contribution in [1.82, 2.24) is 4.90 Å². The van der Waals surface area contributed by atoms with Crippen molar-refractivity contribution in [1.29, 1.82) is 0 Å². The number of ether oxygens (including phenoxy) is 1. The summed E-state index contributed by atoms with van der Waals surface area (Å²) in [5.41, 5.74) is 2.71. The first kappa shape index (κ1) is 18.7. The van der Waals surface area contributed by atoms with Gasteiger partial charge in [-0.15, -0.1) is 0 Å². The Morgan fingerprint density at radius 1 is 0.875 bits per heavy atom. The van der Waals surface area contributed by atoms with Gasteiger partial charge in [0.2, 0.25) is 0 Å². The van der Waals surface area contributed by atoms with Gasteiger partial charge < -0.3 is 9.64 Å². The van der Waals surface area contributed by atoms with E-state index in [1.807, 2.05) is 0 Å². The monoisotopic (exact) mass is 325 g/mol. The normalized spacial score (nSPS) is 12.5. The maximum Gasteiger partial charge on any atom is 0.0825 e. The smallest absolute Gasteiger partial charge is 0.0825 e. The van der Waals surface area contributed by atoms with Crippen molar-refractivity contribution in [3.05, 3.63) is 71.8 Å². The minimum absolute atomic E-state index is 0.200. The van der Waals surface area contributed by atoms with Gasteiger partial charge in [-0.25, -0.2) is 0 Å². The molecule has 2 nitrogen and oxygen atoms in total. The van der Waals surface area contributed by atoms with Gasteiger partial charge in [0.25, 0.3) is 0 Å². The lowest BCUT2D eigenvalue weighted by atomic mass is 10.0. The number of benzene rings is 2. The molecule has 1 unspecified atom stereocenters. The largest absolute Gasteiger partial charge is 0.372 e. The second kappa shape index (κ2) is 11.0. The lowest BCUT2D eigenvalue weighted by Gasteiger charge is -2.22. The van der Waals surface area contributed by atoms with E-state index < -0.39 is 0 Å². The Bertz CT molecular complexity index is 536. The summed E-state index contributed by atoms with van der Waals surface area (Å²) in [5, 5.41) is 0. The first-order valence-electron chi connectivity index (χ1n) is 9.26. The van der Waals surface area contributed by atoms with Gasteiger partial charge in [0.1, 0.15) is 0 Å². The fourth-order valence-electron chi connectivity index (χ4n) is 3.01. The van der Waals surface area contributed by atoms with Crippen molar-refractivity contribution in [3.8, 4) is 0 Å². The minimum atomic E-state index is 0.200. The Labute approximate surface area is 147 Å². The number of nitrogens with zero attached hydrogens (tertiary/aromatic N) is 1. The van der Waals surface area contributed by atoms with Gasteiger partial charge >= 0.3 is 0 Å². The molecule has 0 bridgehead atoms. The number of likely N-dealkylation sites (N-methyl/N-ethyl adjacent to an activating group) is 1. The zero-order valence-electron chi connectivity index (χ0n) is 15.2. The van der Waals surface area contributed by atoms with Crippen molar-refractivity contribution in [2.24, 2.45) is 0 Å². The Kier molecular flexibility index (Phi) is 8.58. The highest BCUT2D eigenvalue weighted by Crippen LogP contribution is 2.23. The Morgan fingerprint density at radius 2 is 1.50 bits per heavy atom. The third-order valence-electron chi connectivity index (χ3n) is 4.57. The van der Waals surface area contributed by atoms with Crippen LogP contribution in [0.2, 0.25) is 0 Å². The molecule has 0 spiro atoms. The van der Waals surface area contributed by atoms with E-state index in [0.29, 0.717) is 0 Å². The van der Waals surface area contributed by atoms with Crippen LogP contribution in [0.25, 0.3) is 0 Å². The van der Waals surface area contributed by atoms with Crippen molar-refractivity contribution in [2.75, 3.05) is 26.2 Å². The summed E-state index contributed by atoms with van der Waals surface area (Å²) in [4.78, 5) is 2.41. The predicted molar refractivity (Wildman–Crippen MR) is 102 cm³/mol. The summed E-state index contributed by atoms with van der Waals surface area (Å²) in [6.45, 7) is 8.39. The molecule has 0 aromatic heterocycles. The molecule has 130 valence electrons. The van der Waals surface area contributed by atoms with Crippen LogP contribution in [0.5, 0.6) is 0 Å². The van der Waals surface area contributed by atoms with Gasteiger partial charge in [0.05, 0.1) is 12.7 Å². The van der Waals surface area contributed by atoms with Gasteiger partial charge in [0.15, 0.2) is 0 Å². The highest BCUT2D eigenvalue weighted by atomic mass is 16.5. The second-order valence-corrected chi connectivity index (χ2v) is 6.17. The Hall–Kier alpha value is -1.64. The quantitative estimate of drug-likeness (QED) is 0.569. The molecule has 0 aliphatic carbocycles. The molecule has 0 N–H and O–H groups in total. The summed E-state index contributed by atoms with van der Waals surface area (Å²) in [6.07, 6.45) is 3.53. The highest BCUT2D eigenvalue weighted by molar-refractivity contribution is 5.18. The molecule has 2 rings (SSSR count). The van der Waals surface area contributed by atoms with E-state index in [-0.39, 0.29) is 6.10 Å². The molecule has 2 heteroatoms. The molecule has 2 aromatic carbocycles. The summed E-state index contributed by atoms with van der Waals surface area (Å²) >= 11 is 0. The molecule has 0 radical (unpaired) electrons. The molecule has 0 heterocycles. The Balaban J connectivity index is 1.86. The van der Waals surface area contributed by atoms with Gasteiger partial charge in [-0.3, -0.25) is 0 Å². The van der Waals surface area contributed by atoms with E-state index in [0.717, 1.165) is 45.5 Å². The third-order valence-corrected chi connectivity index (χ3v) is 4.57. The lowest BCUT2D eigenvalue weighted by molar-refractivity contribution is 0.0317. The summed E-state index contributed by atoms with van der Waals surface area (Å²) in [6, 6.07) is 21.4. The SMILES string of the molecule is CCN(CC)CCOC(CCCc1ccccc1)c1ccccc1. The molecule has 1 atom stereocenters. The van der Waals surface area contributed by atoms with Gasteiger partial charge in [0, 0.05) is 6.54 Å². The van der Waals surface area contributed by atoms with E-state index in [2.05, 4.69) is 79.4 Å². The van der Waals surface area contributed by atoms with Gasteiger partial charge in [-0.1, -0.05) is 74.5 Å². The summed E-state index contributed by atoms with van der Waals surface area (Å²) in [7, 11) is 0. The third kappa shape index (κ3) is 6.46. The molecule has 0 fully saturated rings. The van der Waals surface area contributed by atoms with Crippen LogP contribution < -0.4 is 0 Å². The topological polar surface area (TPSA) is 12.5 Å². The minimum Gasteiger partial charge on any atom is -0.372 e. The average Bonchev–Trinajstić information content (AvgIpc) is 2.65. The van der Waals surface area contributed by atoms with Crippen LogP contribution in [0, 0.1) is 0 Å². The van der Waals surface area contributed by atoms with E-state index >= 15 is 0 Å². The molecular weight excluding hydrogens is 294 g/mol.